The van der Waals surface area contributed by atoms with Crippen molar-refractivity contribution in [2.24, 2.45) is 0 Å². The number of ketones is 1. The zero-order valence-electron chi connectivity index (χ0n) is 13.4. The van der Waals surface area contributed by atoms with E-state index >= 15 is 0 Å². The molecule has 3 rings (SSSR count). The maximum atomic E-state index is 12.4. The SMILES string of the molecule is Cc1ccc(C(=O)CCC(=O)N2CCc3ccccc3C2)cc1. The van der Waals surface area contributed by atoms with Gasteiger partial charge in [-0.1, -0.05) is 54.1 Å². The maximum absolute atomic E-state index is 12.4. The maximum Gasteiger partial charge on any atom is 0.223 e. The van der Waals surface area contributed by atoms with Crippen LogP contribution in [0, 0.1) is 6.92 Å². The molecule has 0 aromatic heterocycles. The lowest BCUT2D eigenvalue weighted by Gasteiger charge is -2.28. The van der Waals surface area contributed by atoms with E-state index in [1.165, 1.54) is 11.1 Å². The summed E-state index contributed by atoms with van der Waals surface area (Å²) in [6, 6.07) is 15.8. The number of amides is 1. The van der Waals surface area contributed by atoms with Crippen molar-refractivity contribution in [1.29, 1.82) is 0 Å². The molecular formula is C20H21NO2. The minimum absolute atomic E-state index is 0.0377. The van der Waals surface area contributed by atoms with E-state index in [1.54, 1.807) is 0 Å². The quantitative estimate of drug-likeness (QED) is 0.810. The Hall–Kier alpha value is -2.42. The number of carbonyl (C=O) groups excluding carboxylic acids is 2. The van der Waals surface area contributed by atoms with Gasteiger partial charge in [-0.25, -0.2) is 0 Å². The predicted molar refractivity (Wildman–Crippen MR) is 90.3 cm³/mol. The van der Waals surface area contributed by atoms with Gasteiger partial charge < -0.3 is 4.90 Å². The molecule has 0 aliphatic carbocycles. The lowest BCUT2D eigenvalue weighted by Crippen LogP contribution is -2.36. The third-order valence-electron chi connectivity index (χ3n) is 4.42. The van der Waals surface area contributed by atoms with E-state index in [4.69, 9.17) is 0 Å². The highest BCUT2D eigenvalue weighted by atomic mass is 16.2. The van der Waals surface area contributed by atoms with Crippen LogP contribution in [0.4, 0.5) is 0 Å². The van der Waals surface area contributed by atoms with Gasteiger partial charge in [-0.05, 0) is 24.5 Å². The fourth-order valence-corrected chi connectivity index (χ4v) is 2.97. The summed E-state index contributed by atoms with van der Waals surface area (Å²) in [6.07, 6.45) is 1.46. The zero-order valence-corrected chi connectivity index (χ0v) is 13.4. The smallest absolute Gasteiger partial charge is 0.223 e. The second-order valence-electron chi connectivity index (χ2n) is 6.12. The summed E-state index contributed by atoms with van der Waals surface area (Å²) >= 11 is 0. The fraction of sp³-hybridized carbons (Fsp3) is 0.300. The number of benzene rings is 2. The van der Waals surface area contributed by atoms with Gasteiger partial charge in [0.1, 0.15) is 0 Å². The summed E-state index contributed by atoms with van der Waals surface area (Å²) in [6.45, 7) is 3.40. The number of rotatable bonds is 4. The summed E-state index contributed by atoms with van der Waals surface area (Å²) in [5.74, 6) is 0.107. The summed E-state index contributed by atoms with van der Waals surface area (Å²) < 4.78 is 0. The van der Waals surface area contributed by atoms with E-state index in [0.29, 0.717) is 12.1 Å². The third-order valence-corrected chi connectivity index (χ3v) is 4.42. The van der Waals surface area contributed by atoms with Crippen LogP contribution >= 0.6 is 0 Å². The Morgan fingerprint density at radius 1 is 0.957 bits per heavy atom. The van der Waals surface area contributed by atoms with Gasteiger partial charge in [0.15, 0.2) is 5.78 Å². The molecule has 0 fully saturated rings. The Bertz CT molecular complexity index is 719. The van der Waals surface area contributed by atoms with Crippen molar-refractivity contribution in [3.63, 3.8) is 0 Å². The number of fused-ring (bicyclic) bond motifs is 1. The van der Waals surface area contributed by atoms with Gasteiger partial charge in [-0.2, -0.15) is 0 Å². The molecule has 0 spiro atoms. The van der Waals surface area contributed by atoms with Crippen LogP contribution in [0.15, 0.2) is 48.5 Å². The largest absolute Gasteiger partial charge is 0.338 e. The van der Waals surface area contributed by atoms with Crippen LogP contribution in [0.5, 0.6) is 0 Å². The molecule has 0 saturated heterocycles. The van der Waals surface area contributed by atoms with Crippen molar-refractivity contribution < 1.29 is 9.59 Å². The van der Waals surface area contributed by atoms with Crippen LogP contribution in [0.3, 0.4) is 0 Å². The minimum Gasteiger partial charge on any atom is -0.338 e. The minimum atomic E-state index is 0.0377. The first-order valence-corrected chi connectivity index (χ1v) is 8.08. The third kappa shape index (κ3) is 3.67. The van der Waals surface area contributed by atoms with Gasteiger partial charge in [0.25, 0.3) is 0 Å². The number of hydrogen-bond donors (Lipinski definition) is 0. The standard InChI is InChI=1S/C20H21NO2/c1-15-6-8-17(9-7-15)19(22)10-11-20(23)21-13-12-16-4-2-3-5-18(16)14-21/h2-9H,10-14H2,1H3. The first kappa shape index (κ1) is 15.5. The molecule has 23 heavy (non-hydrogen) atoms. The van der Waals surface area contributed by atoms with E-state index in [-0.39, 0.29) is 24.5 Å². The normalized spacial score (nSPS) is 13.5. The average Bonchev–Trinajstić information content (AvgIpc) is 2.59. The second kappa shape index (κ2) is 6.78. The number of carbonyl (C=O) groups is 2. The van der Waals surface area contributed by atoms with Crippen LogP contribution in [-0.2, 0) is 17.8 Å². The molecular weight excluding hydrogens is 286 g/mol. The summed E-state index contributed by atoms with van der Waals surface area (Å²) in [4.78, 5) is 26.4. The van der Waals surface area contributed by atoms with Gasteiger partial charge in [-0.3, -0.25) is 9.59 Å². The van der Waals surface area contributed by atoms with E-state index in [0.717, 1.165) is 18.5 Å². The van der Waals surface area contributed by atoms with Crippen LogP contribution < -0.4 is 0 Å². The number of Topliss-reactive ketones (excluding diaryl/α,β-unsaturated/α-hetero) is 1. The first-order valence-electron chi connectivity index (χ1n) is 8.08. The van der Waals surface area contributed by atoms with Gasteiger partial charge in [0.2, 0.25) is 5.91 Å². The van der Waals surface area contributed by atoms with Crippen molar-refractivity contribution in [2.45, 2.75) is 32.7 Å². The van der Waals surface area contributed by atoms with Crippen molar-refractivity contribution in [2.75, 3.05) is 6.54 Å². The van der Waals surface area contributed by atoms with Crippen LogP contribution in [0.2, 0.25) is 0 Å². The van der Waals surface area contributed by atoms with Crippen molar-refractivity contribution >= 4 is 11.7 Å². The number of aryl methyl sites for hydroxylation is 1. The number of hydrogen-bond acceptors (Lipinski definition) is 2. The second-order valence-corrected chi connectivity index (χ2v) is 6.12. The fourth-order valence-electron chi connectivity index (χ4n) is 2.97. The molecule has 2 aromatic rings. The molecule has 1 heterocycles. The van der Waals surface area contributed by atoms with Crippen molar-refractivity contribution in [3.05, 3.63) is 70.8 Å². The van der Waals surface area contributed by atoms with Crippen molar-refractivity contribution in [3.8, 4) is 0 Å². The summed E-state index contributed by atoms with van der Waals surface area (Å²) in [5, 5.41) is 0. The summed E-state index contributed by atoms with van der Waals surface area (Å²) in [7, 11) is 0. The zero-order chi connectivity index (χ0) is 16.2. The van der Waals surface area contributed by atoms with E-state index < -0.39 is 0 Å². The molecule has 118 valence electrons. The highest BCUT2D eigenvalue weighted by Crippen LogP contribution is 2.19. The molecule has 0 saturated carbocycles. The Balaban J connectivity index is 1.56. The molecule has 1 amide bonds. The molecule has 1 aliphatic heterocycles. The molecule has 0 N–H and O–H groups in total. The predicted octanol–water partition coefficient (Wildman–Crippen LogP) is 3.54. The highest BCUT2D eigenvalue weighted by molar-refractivity contribution is 5.98. The topological polar surface area (TPSA) is 37.4 Å². The van der Waals surface area contributed by atoms with Gasteiger partial charge >= 0.3 is 0 Å². The Morgan fingerprint density at radius 3 is 2.39 bits per heavy atom. The first-order chi connectivity index (χ1) is 11.1. The summed E-state index contributed by atoms with van der Waals surface area (Å²) in [5.41, 5.74) is 4.36. The van der Waals surface area contributed by atoms with E-state index in [9.17, 15) is 9.59 Å². The lowest BCUT2D eigenvalue weighted by atomic mass is 9.99. The lowest BCUT2D eigenvalue weighted by molar-refractivity contribution is -0.132. The monoisotopic (exact) mass is 307 g/mol. The molecule has 3 heteroatoms. The van der Waals surface area contributed by atoms with E-state index in [2.05, 4.69) is 12.1 Å². The molecule has 0 unspecified atom stereocenters. The van der Waals surface area contributed by atoms with Crippen LogP contribution in [0.25, 0.3) is 0 Å². The van der Waals surface area contributed by atoms with Gasteiger partial charge in [0, 0.05) is 31.5 Å². The van der Waals surface area contributed by atoms with E-state index in [1.807, 2.05) is 48.2 Å². The van der Waals surface area contributed by atoms with Crippen LogP contribution in [0.1, 0.15) is 39.9 Å². The molecule has 0 radical (unpaired) electrons. The van der Waals surface area contributed by atoms with Crippen molar-refractivity contribution in [1.82, 2.24) is 4.90 Å². The molecule has 1 aliphatic rings. The number of nitrogens with zero attached hydrogens (tertiary/aromatic N) is 1. The molecule has 0 bridgehead atoms. The molecule has 2 aromatic carbocycles. The molecule has 3 nitrogen and oxygen atoms in total. The van der Waals surface area contributed by atoms with Gasteiger partial charge in [-0.15, -0.1) is 0 Å². The Labute approximate surface area is 136 Å². The van der Waals surface area contributed by atoms with Gasteiger partial charge in [0.05, 0.1) is 0 Å². The Kier molecular flexibility index (Phi) is 4.56. The highest BCUT2D eigenvalue weighted by Gasteiger charge is 2.20. The average molecular weight is 307 g/mol. The molecule has 0 atom stereocenters. The van der Waals surface area contributed by atoms with Crippen LogP contribution in [-0.4, -0.2) is 23.1 Å². The Morgan fingerprint density at radius 2 is 1.65 bits per heavy atom.